The standard InChI is InChI=1S/C35H34N2O5S/c1-41-34(38)29(14-8-11-25-9-4-2-5-10-25)23-26-15-18-30(19-16-26)42-22-21-37-31-20-17-28(24-32(31)43-35(37)39)33(36-40)27-12-6-3-7-13-27/h2-7,9-10,12-13,15-20,24,29,40H,8,11,14,21-23H2,1H3. The van der Waals surface area contributed by atoms with E-state index in [1.807, 2.05) is 91.0 Å². The minimum Gasteiger partial charge on any atom is -0.492 e. The van der Waals surface area contributed by atoms with Gasteiger partial charge in [-0.2, -0.15) is 0 Å². The molecule has 5 rings (SSSR count). The van der Waals surface area contributed by atoms with Gasteiger partial charge in [-0.05, 0) is 61.1 Å². The van der Waals surface area contributed by atoms with Gasteiger partial charge in [0.25, 0.3) is 0 Å². The third-order valence-corrected chi connectivity index (χ3v) is 8.42. The molecule has 0 spiro atoms. The van der Waals surface area contributed by atoms with Crippen LogP contribution in [0.25, 0.3) is 10.2 Å². The topological polar surface area (TPSA) is 90.1 Å². The van der Waals surface area contributed by atoms with Crippen LogP contribution in [-0.4, -0.2) is 35.2 Å². The Morgan fingerprint density at radius 1 is 0.907 bits per heavy atom. The van der Waals surface area contributed by atoms with Gasteiger partial charge >= 0.3 is 10.8 Å². The molecule has 0 aliphatic rings. The highest BCUT2D eigenvalue weighted by atomic mass is 32.1. The second-order valence-corrected chi connectivity index (χ2v) is 11.3. The number of rotatable bonds is 13. The fourth-order valence-electron chi connectivity index (χ4n) is 5.23. The number of thiazole rings is 1. The zero-order valence-electron chi connectivity index (χ0n) is 24.0. The van der Waals surface area contributed by atoms with Crippen molar-refractivity contribution in [3.05, 3.63) is 135 Å². The van der Waals surface area contributed by atoms with Crippen LogP contribution >= 0.6 is 11.3 Å². The summed E-state index contributed by atoms with van der Waals surface area (Å²) in [6, 6.07) is 33.1. The van der Waals surface area contributed by atoms with Gasteiger partial charge in [0, 0.05) is 11.1 Å². The van der Waals surface area contributed by atoms with E-state index in [2.05, 4.69) is 17.3 Å². The van der Waals surface area contributed by atoms with Gasteiger partial charge in [-0.1, -0.05) is 95.4 Å². The lowest BCUT2D eigenvalue weighted by molar-refractivity contribution is -0.145. The van der Waals surface area contributed by atoms with Crippen molar-refractivity contribution in [3.8, 4) is 5.75 Å². The monoisotopic (exact) mass is 594 g/mol. The SMILES string of the molecule is COC(=O)C(CCCc1ccccc1)Cc1ccc(OCCn2c(=O)sc3cc(C(=NO)c4ccccc4)ccc32)cc1. The summed E-state index contributed by atoms with van der Waals surface area (Å²) in [5.74, 6) is 0.310. The van der Waals surface area contributed by atoms with Gasteiger partial charge < -0.3 is 14.7 Å². The smallest absolute Gasteiger partial charge is 0.308 e. The third-order valence-electron chi connectivity index (χ3n) is 7.47. The Balaban J connectivity index is 1.17. The Bertz CT molecular complexity index is 1730. The van der Waals surface area contributed by atoms with Gasteiger partial charge in [0.05, 0.1) is 29.8 Å². The van der Waals surface area contributed by atoms with Crippen molar-refractivity contribution in [1.82, 2.24) is 4.57 Å². The predicted molar refractivity (Wildman–Crippen MR) is 170 cm³/mol. The Hall–Kier alpha value is -4.69. The van der Waals surface area contributed by atoms with Crippen molar-refractivity contribution < 1.29 is 19.5 Å². The predicted octanol–water partition coefficient (Wildman–Crippen LogP) is 6.72. The first-order chi connectivity index (χ1) is 21.1. The molecule has 1 unspecified atom stereocenters. The molecule has 0 saturated heterocycles. The van der Waals surface area contributed by atoms with E-state index in [-0.39, 0.29) is 16.8 Å². The number of benzene rings is 4. The number of fused-ring (bicyclic) bond motifs is 1. The number of aromatic nitrogens is 1. The molecule has 0 radical (unpaired) electrons. The van der Waals surface area contributed by atoms with Crippen molar-refractivity contribution in [1.29, 1.82) is 0 Å². The highest BCUT2D eigenvalue weighted by Gasteiger charge is 2.19. The minimum atomic E-state index is -0.202. The molecule has 5 aromatic rings. The van der Waals surface area contributed by atoms with E-state index in [0.29, 0.717) is 31.0 Å². The molecule has 0 bridgehead atoms. The van der Waals surface area contributed by atoms with Crippen LogP contribution in [0.2, 0.25) is 0 Å². The van der Waals surface area contributed by atoms with E-state index in [1.165, 1.54) is 12.7 Å². The van der Waals surface area contributed by atoms with Gasteiger partial charge in [-0.15, -0.1) is 0 Å². The summed E-state index contributed by atoms with van der Waals surface area (Å²) < 4.78 is 13.6. The number of nitrogens with zero attached hydrogens (tertiary/aromatic N) is 2. The molecule has 220 valence electrons. The fourth-order valence-corrected chi connectivity index (χ4v) is 6.19. The molecular formula is C35H34N2O5S. The van der Waals surface area contributed by atoms with E-state index >= 15 is 0 Å². The van der Waals surface area contributed by atoms with E-state index in [9.17, 15) is 14.8 Å². The summed E-state index contributed by atoms with van der Waals surface area (Å²) in [4.78, 5) is 25.2. The number of hydrogen-bond donors (Lipinski definition) is 1. The van der Waals surface area contributed by atoms with Gasteiger partial charge in [0.1, 0.15) is 18.1 Å². The number of aryl methyl sites for hydroxylation is 1. The van der Waals surface area contributed by atoms with Crippen LogP contribution in [0, 0.1) is 5.92 Å². The number of carbonyl (C=O) groups is 1. The zero-order chi connectivity index (χ0) is 30.0. The van der Waals surface area contributed by atoms with Crippen LogP contribution in [-0.2, 0) is 28.9 Å². The molecule has 0 fully saturated rings. The molecule has 43 heavy (non-hydrogen) atoms. The van der Waals surface area contributed by atoms with E-state index in [1.54, 1.807) is 4.57 Å². The number of carbonyl (C=O) groups excluding carboxylic acids is 1. The van der Waals surface area contributed by atoms with Gasteiger partial charge in [0.2, 0.25) is 0 Å². The second-order valence-electron chi connectivity index (χ2n) is 10.3. The Labute approximate surface area is 254 Å². The van der Waals surface area contributed by atoms with Crippen LogP contribution in [0.1, 0.15) is 35.1 Å². The van der Waals surface area contributed by atoms with Crippen LogP contribution in [0.3, 0.4) is 0 Å². The quantitative estimate of drug-likeness (QED) is 0.0707. The molecule has 8 heteroatoms. The summed E-state index contributed by atoms with van der Waals surface area (Å²) in [6.45, 7) is 0.718. The highest BCUT2D eigenvalue weighted by molar-refractivity contribution is 7.16. The largest absolute Gasteiger partial charge is 0.492 e. The summed E-state index contributed by atoms with van der Waals surface area (Å²) in [6.07, 6.45) is 3.20. The molecule has 0 saturated carbocycles. The van der Waals surface area contributed by atoms with E-state index < -0.39 is 0 Å². The van der Waals surface area contributed by atoms with Gasteiger partial charge in [-0.3, -0.25) is 14.2 Å². The lowest BCUT2D eigenvalue weighted by atomic mass is 9.93. The first-order valence-corrected chi connectivity index (χ1v) is 15.1. The second kappa shape index (κ2) is 14.5. The molecular weight excluding hydrogens is 560 g/mol. The van der Waals surface area contributed by atoms with Gasteiger partial charge in [0.15, 0.2) is 0 Å². The number of esters is 1. The van der Waals surface area contributed by atoms with E-state index in [4.69, 9.17) is 9.47 Å². The Morgan fingerprint density at radius 2 is 1.63 bits per heavy atom. The van der Waals surface area contributed by atoms with Crippen molar-refractivity contribution >= 4 is 33.2 Å². The Morgan fingerprint density at radius 3 is 2.33 bits per heavy atom. The van der Waals surface area contributed by atoms with Crippen LogP contribution < -0.4 is 9.61 Å². The van der Waals surface area contributed by atoms with Crippen molar-refractivity contribution in [2.24, 2.45) is 11.1 Å². The normalized spacial score (nSPS) is 12.3. The number of oxime groups is 1. The average molecular weight is 595 g/mol. The lowest BCUT2D eigenvalue weighted by Gasteiger charge is -2.15. The first-order valence-electron chi connectivity index (χ1n) is 14.3. The number of hydrogen-bond acceptors (Lipinski definition) is 7. The van der Waals surface area contributed by atoms with Crippen molar-refractivity contribution in [3.63, 3.8) is 0 Å². The molecule has 7 nitrogen and oxygen atoms in total. The number of methoxy groups -OCH3 is 1. The van der Waals surface area contributed by atoms with Gasteiger partial charge in [-0.25, -0.2) is 0 Å². The summed E-state index contributed by atoms with van der Waals surface area (Å²) in [5.41, 5.74) is 5.09. The lowest BCUT2D eigenvalue weighted by Crippen LogP contribution is -2.19. The molecule has 1 atom stereocenters. The van der Waals surface area contributed by atoms with Crippen LogP contribution in [0.5, 0.6) is 5.75 Å². The number of ether oxygens (including phenoxy) is 2. The van der Waals surface area contributed by atoms with E-state index in [0.717, 1.165) is 57.5 Å². The first kappa shape index (κ1) is 29.8. The Kier molecular flexibility index (Phi) is 10.0. The fraction of sp³-hybridized carbons (Fsp3) is 0.229. The summed E-state index contributed by atoms with van der Waals surface area (Å²) in [7, 11) is 1.44. The highest BCUT2D eigenvalue weighted by Crippen LogP contribution is 2.23. The third kappa shape index (κ3) is 7.59. The van der Waals surface area contributed by atoms with Crippen LogP contribution in [0.4, 0.5) is 0 Å². The molecule has 0 aliphatic carbocycles. The molecule has 0 amide bonds. The summed E-state index contributed by atoms with van der Waals surface area (Å²) >= 11 is 1.16. The molecule has 4 aromatic carbocycles. The maximum Gasteiger partial charge on any atom is 0.308 e. The zero-order valence-corrected chi connectivity index (χ0v) is 24.8. The molecule has 1 heterocycles. The maximum atomic E-state index is 12.8. The van der Waals surface area contributed by atoms with Crippen molar-refractivity contribution in [2.75, 3.05) is 13.7 Å². The molecule has 0 aliphatic heterocycles. The van der Waals surface area contributed by atoms with Crippen molar-refractivity contribution in [2.45, 2.75) is 32.2 Å². The molecule has 1 N–H and O–H groups in total. The maximum absolute atomic E-state index is 12.8. The van der Waals surface area contributed by atoms with Crippen LogP contribution in [0.15, 0.2) is 113 Å². The minimum absolute atomic E-state index is 0.0746. The summed E-state index contributed by atoms with van der Waals surface area (Å²) in [5, 5.41) is 13.1. The molecule has 1 aromatic heterocycles. The average Bonchev–Trinajstić information content (AvgIpc) is 3.36.